The van der Waals surface area contributed by atoms with Gasteiger partial charge in [-0.3, -0.25) is 0 Å². The predicted octanol–water partition coefficient (Wildman–Crippen LogP) is 3.07. The highest BCUT2D eigenvalue weighted by molar-refractivity contribution is 9.10. The van der Waals surface area contributed by atoms with Crippen LogP contribution in [0.15, 0.2) is 27.8 Å². The lowest BCUT2D eigenvalue weighted by Crippen LogP contribution is -2.37. The van der Waals surface area contributed by atoms with Gasteiger partial charge < -0.3 is 5.73 Å². The van der Waals surface area contributed by atoms with E-state index >= 15 is 0 Å². The van der Waals surface area contributed by atoms with Gasteiger partial charge in [-0.25, -0.2) is 4.39 Å². The highest BCUT2D eigenvalue weighted by Gasteiger charge is 2.24. The fourth-order valence-electron chi connectivity index (χ4n) is 1.20. The maximum atomic E-state index is 13.5. The van der Waals surface area contributed by atoms with Crippen molar-refractivity contribution < 1.29 is 4.39 Å². The fraction of sp³-hybridized carbons (Fsp3) is 0.333. The molecule has 1 atom stereocenters. The van der Waals surface area contributed by atoms with Gasteiger partial charge in [0.25, 0.3) is 0 Å². The molecule has 0 bridgehead atoms. The summed E-state index contributed by atoms with van der Waals surface area (Å²) in [6.07, 6.45) is 0. The van der Waals surface area contributed by atoms with Crippen LogP contribution in [0.5, 0.6) is 0 Å². The van der Waals surface area contributed by atoms with Crippen molar-refractivity contribution in [1.82, 2.24) is 0 Å². The van der Waals surface area contributed by atoms with Gasteiger partial charge in [-0.05, 0) is 30.7 Å². The van der Waals surface area contributed by atoms with Gasteiger partial charge in [0.1, 0.15) is 5.82 Å². The Morgan fingerprint density at radius 1 is 1.67 bits per heavy atom. The van der Waals surface area contributed by atoms with Crippen molar-refractivity contribution in [2.24, 2.45) is 10.8 Å². The minimum Gasteiger partial charge on any atom is -0.321 e. The van der Waals surface area contributed by atoms with Gasteiger partial charge in [-0.1, -0.05) is 21.0 Å². The van der Waals surface area contributed by atoms with Crippen LogP contribution in [-0.4, -0.2) is 6.54 Å². The first-order valence-corrected chi connectivity index (χ1v) is 5.02. The van der Waals surface area contributed by atoms with E-state index in [1.54, 1.807) is 19.1 Å². The Morgan fingerprint density at radius 3 is 2.93 bits per heavy atom. The van der Waals surface area contributed by atoms with Crippen LogP contribution < -0.4 is 5.73 Å². The summed E-state index contributed by atoms with van der Waals surface area (Å²) in [6, 6.07) is 4.49. The van der Waals surface area contributed by atoms with Crippen molar-refractivity contribution in [2.45, 2.75) is 12.5 Å². The summed E-state index contributed by atoms with van der Waals surface area (Å²) in [5, 5.41) is 3.36. The topological polar surface area (TPSA) is 74.8 Å². The molecule has 1 aromatic carbocycles. The van der Waals surface area contributed by atoms with E-state index in [4.69, 9.17) is 11.3 Å². The van der Waals surface area contributed by atoms with Gasteiger partial charge >= 0.3 is 0 Å². The molecule has 0 unspecified atom stereocenters. The lowest BCUT2D eigenvalue weighted by Gasteiger charge is -2.23. The summed E-state index contributed by atoms with van der Waals surface area (Å²) in [5.41, 5.74) is 13.4. The molecule has 0 saturated heterocycles. The molecule has 4 nitrogen and oxygen atoms in total. The summed E-state index contributed by atoms with van der Waals surface area (Å²) in [7, 11) is 0. The molecular weight excluding hydrogens is 263 g/mol. The predicted molar refractivity (Wildman–Crippen MR) is 59.7 cm³/mol. The van der Waals surface area contributed by atoms with Crippen LogP contribution in [0.3, 0.4) is 0 Å². The van der Waals surface area contributed by atoms with Crippen LogP contribution in [-0.2, 0) is 5.54 Å². The molecule has 0 aromatic heterocycles. The molecule has 0 aliphatic carbocycles. The smallest absolute Gasteiger partial charge is 0.128 e. The number of benzene rings is 1. The quantitative estimate of drug-likeness (QED) is 0.513. The van der Waals surface area contributed by atoms with Crippen molar-refractivity contribution in [2.75, 3.05) is 6.54 Å². The van der Waals surface area contributed by atoms with Gasteiger partial charge in [0.2, 0.25) is 0 Å². The molecule has 0 fully saturated rings. The second-order valence-electron chi connectivity index (χ2n) is 3.43. The zero-order chi connectivity index (χ0) is 11.5. The Kier molecular flexibility index (Phi) is 3.68. The number of hydrogen-bond donors (Lipinski definition) is 1. The number of rotatable bonds is 3. The minimum absolute atomic E-state index is 0.0108. The Balaban J connectivity index is 3.12. The first kappa shape index (κ1) is 12.0. The lowest BCUT2D eigenvalue weighted by atomic mass is 9.93. The van der Waals surface area contributed by atoms with E-state index in [0.717, 1.165) is 4.47 Å². The molecule has 0 aliphatic heterocycles. The van der Waals surface area contributed by atoms with Gasteiger partial charge in [0.15, 0.2) is 0 Å². The fourth-order valence-corrected chi connectivity index (χ4v) is 1.56. The molecular formula is C9H10BrFN4. The normalized spacial score (nSPS) is 14.1. The van der Waals surface area contributed by atoms with Gasteiger partial charge in [-0.15, -0.1) is 0 Å². The third kappa shape index (κ3) is 2.92. The van der Waals surface area contributed by atoms with E-state index < -0.39 is 11.4 Å². The Bertz CT molecular complexity index is 413. The SMILES string of the molecule is C[C@](N)(CN=[N+]=[N-])c1cc(Br)ccc1F. The van der Waals surface area contributed by atoms with Crippen molar-refractivity contribution in [1.29, 1.82) is 0 Å². The molecule has 2 N–H and O–H groups in total. The second kappa shape index (κ2) is 4.61. The number of azide groups is 1. The largest absolute Gasteiger partial charge is 0.321 e. The van der Waals surface area contributed by atoms with Crippen LogP contribution in [0, 0.1) is 5.82 Å². The molecule has 1 aromatic rings. The summed E-state index contributed by atoms with van der Waals surface area (Å²) in [6.45, 7) is 1.63. The molecule has 0 aliphatic rings. The molecule has 80 valence electrons. The number of nitrogens with zero attached hydrogens (tertiary/aromatic N) is 3. The molecule has 0 radical (unpaired) electrons. The minimum atomic E-state index is -1.000. The van der Waals surface area contributed by atoms with Crippen LogP contribution in [0.1, 0.15) is 12.5 Å². The molecule has 1 rings (SSSR count). The van der Waals surface area contributed by atoms with Crippen LogP contribution >= 0.6 is 15.9 Å². The number of nitrogens with two attached hydrogens (primary N) is 1. The Labute approximate surface area is 95.0 Å². The Morgan fingerprint density at radius 2 is 2.33 bits per heavy atom. The zero-order valence-corrected chi connectivity index (χ0v) is 9.70. The van der Waals surface area contributed by atoms with E-state index in [-0.39, 0.29) is 6.54 Å². The zero-order valence-electron chi connectivity index (χ0n) is 8.11. The third-order valence-electron chi connectivity index (χ3n) is 2.01. The monoisotopic (exact) mass is 272 g/mol. The van der Waals surface area contributed by atoms with E-state index in [1.807, 2.05) is 0 Å². The van der Waals surface area contributed by atoms with Crippen molar-refractivity contribution in [3.05, 3.63) is 44.5 Å². The van der Waals surface area contributed by atoms with Crippen molar-refractivity contribution in [3.8, 4) is 0 Å². The van der Waals surface area contributed by atoms with Crippen LogP contribution in [0.4, 0.5) is 4.39 Å². The highest BCUT2D eigenvalue weighted by atomic mass is 79.9. The van der Waals surface area contributed by atoms with Crippen LogP contribution in [0.25, 0.3) is 10.4 Å². The van der Waals surface area contributed by atoms with Gasteiger partial charge in [0, 0.05) is 27.0 Å². The van der Waals surface area contributed by atoms with Gasteiger partial charge in [-0.2, -0.15) is 0 Å². The third-order valence-corrected chi connectivity index (χ3v) is 2.50. The molecule has 6 heteroatoms. The lowest BCUT2D eigenvalue weighted by molar-refractivity contribution is 0.469. The van der Waals surface area contributed by atoms with E-state index in [1.165, 1.54) is 6.07 Å². The van der Waals surface area contributed by atoms with Gasteiger partial charge in [0.05, 0.1) is 0 Å². The number of hydrogen-bond acceptors (Lipinski definition) is 2. The molecule has 0 saturated carbocycles. The number of halogens is 2. The first-order chi connectivity index (χ1) is 6.97. The van der Waals surface area contributed by atoms with E-state index in [9.17, 15) is 4.39 Å². The van der Waals surface area contributed by atoms with Crippen molar-refractivity contribution >= 4 is 15.9 Å². The average molecular weight is 273 g/mol. The highest BCUT2D eigenvalue weighted by Crippen LogP contribution is 2.25. The summed E-state index contributed by atoms with van der Waals surface area (Å²) >= 11 is 3.23. The second-order valence-corrected chi connectivity index (χ2v) is 4.35. The maximum absolute atomic E-state index is 13.5. The van der Waals surface area contributed by atoms with E-state index in [2.05, 4.69) is 26.0 Å². The first-order valence-electron chi connectivity index (χ1n) is 4.22. The summed E-state index contributed by atoms with van der Waals surface area (Å²) in [5.74, 6) is -0.406. The summed E-state index contributed by atoms with van der Waals surface area (Å²) in [4.78, 5) is 2.61. The maximum Gasteiger partial charge on any atom is 0.128 e. The van der Waals surface area contributed by atoms with Crippen molar-refractivity contribution in [3.63, 3.8) is 0 Å². The average Bonchev–Trinajstić information content (AvgIpc) is 2.18. The molecule has 0 amide bonds. The van der Waals surface area contributed by atoms with Crippen LogP contribution in [0.2, 0.25) is 0 Å². The molecule has 15 heavy (non-hydrogen) atoms. The van der Waals surface area contributed by atoms with E-state index in [0.29, 0.717) is 5.56 Å². The Hall–Kier alpha value is -1.10. The standard InChI is InChI=1S/C9H10BrFN4/c1-9(12,5-14-15-13)7-4-6(10)2-3-8(7)11/h2-4H,5,12H2,1H3/t9-/m0/s1. The molecule has 0 spiro atoms. The molecule has 0 heterocycles. The summed E-state index contributed by atoms with van der Waals surface area (Å²) < 4.78 is 14.2.